The highest BCUT2D eigenvalue weighted by Crippen LogP contribution is 2.39. The van der Waals surface area contributed by atoms with Gasteiger partial charge >= 0.3 is 6.03 Å². The fourth-order valence-corrected chi connectivity index (χ4v) is 5.70. The van der Waals surface area contributed by atoms with E-state index in [1.165, 1.54) is 24.5 Å². The van der Waals surface area contributed by atoms with Gasteiger partial charge < -0.3 is 29.9 Å². The standard InChI is InChI=1S/C29H32FN7O4/c1-4-36-16-29(2,3)41-25-23(26(36)38)24(34-27(35-25)37-19-6-7-20(37)15-40-14-19)17-5-8-22(21(30)13-17)33-28(39)32-18-9-11-31-12-10-18/h5,8-13,19-20H,4,6-7,14-16H2,1-3H3,(H2,31,32,33,39)/t19-,20+. The third-order valence-corrected chi connectivity index (χ3v) is 7.59. The molecule has 214 valence electrons. The summed E-state index contributed by atoms with van der Waals surface area (Å²) < 4.78 is 27.6. The molecule has 2 fully saturated rings. The van der Waals surface area contributed by atoms with Gasteiger partial charge in [0.05, 0.1) is 43.2 Å². The van der Waals surface area contributed by atoms with Crippen molar-refractivity contribution in [2.45, 2.75) is 51.3 Å². The van der Waals surface area contributed by atoms with Crippen molar-refractivity contribution in [2.75, 3.05) is 41.8 Å². The molecule has 0 aliphatic carbocycles. The minimum atomic E-state index is -0.703. The molecule has 1 aromatic carbocycles. The number of carbonyl (C=O) groups is 2. The number of nitrogens with one attached hydrogen (secondary N) is 2. The Morgan fingerprint density at radius 1 is 1.10 bits per heavy atom. The van der Waals surface area contributed by atoms with Gasteiger partial charge in [0.15, 0.2) is 0 Å². The van der Waals surface area contributed by atoms with Crippen LogP contribution >= 0.6 is 0 Å². The van der Waals surface area contributed by atoms with Gasteiger partial charge in [0.2, 0.25) is 11.8 Å². The number of amides is 3. The van der Waals surface area contributed by atoms with Crippen LogP contribution in [0.4, 0.5) is 26.5 Å². The number of carbonyl (C=O) groups excluding carboxylic acids is 2. The Morgan fingerprint density at radius 2 is 1.83 bits per heavy atom. The Hall–Kier alpha value is -4.32. The van der Waals surface area contributed by atoms with Crippen molar-refractivity contribution >= 4 is 29.3 Å². The highest BCUT2D eigenvalue weighted by Gasteiger charge is 2.42. The van der Waals surface area contributed by atoms with Gasteiger partial charge in [0.1, 0.15) is 17.0 Å². The van der Waals surface area contributed by atoms with Crippen molar-refractivity contribution < 1.29 is 23.5 Å². The number of benzene rings is 1. The van der Waals surface area contributed by atoms with Crippen molar-refractivity contribution in [3.63, 3.8) is 0 Å². The smallest absolute Gasteiger partial charge is 0.323 e. The van der Waals surface area contributed by atoms with Gasteiger partial charge in [-0.2, -0.15) is 4.98 Å². The first-order chi connectivity index (χ1) is 19.7. The molecule has 2 N–H and O–H groups in total. The van der Waals surface area contributed by atoms with Crippen LogP contribution in [0, 0.1) is 5.82 Å². The second-order valence-corrected chi connectivity index (χ2v) is 11.1. The number of ether oxygens (including phenoxy) is 2. The zero-order valence-electron chi connectivity index (χ0n) is 23.2. The predicted molar refractivity (Wildman–Crippen MR) is 151 cm³/mol. The Morgan fingerprint density at radius 3 is 2.51 bits per heavy atom. The number of aromatic nitrogens is 3. The number of halogens is 1. The van der Waals surface area contributed by atoms with E-state index < -0.39 is 17.4 Å². The Balaban J connectivity index is 1.40. The summed E-state index contributed by atoms with van der Waals surface area (Å²) >= 11 is 0. The first-order valence-electron chi connectivity index (χ1n) is 13.8. The zero-order chi connectivity index (χ0) is 28.7. The lowest BCUT2D eigenvalue weighted by atomic mass is 10.0. The Bertz CT molecular complexity index is 1470. The second kappa shape index (κ2) is 10.6. The van der Waals surface area contributed by atoms with Crippen LogP contribution in [0.25, 0.3) is 11.3 Å². The van der Waals surface area contributed by atoms with Crippen LogP contribution in [-0.2, 0) is 4.74 Å². The van der Waals surface area contributed by atoms with Crippen LogP contribution in [0.5, 0.6) is 5.88 Å². The molecule has 3 aromatic rings. The van der Waals surface area contributed by atoms with Crippen LogP contribution < -0.4 is 20.3 Å². The maximum atomic E-state index is 15.5. The first kappa shape index (κ1) is 26.9. The van der Waals surface area contributed by atoms with Crippen molar-refractivity contribution in [3.8, 4) is 17.1 Å². The minimum Gasteiger partial charge on any atom is -0.469 e. The predicted octanol–water partition coefficient (Wildman–Crippen LogP) is 4.32. The second-order valence-electron chi connectivity index (χ2n) is 11.1. The molecule has 2 atom stereocenters. The molecule has 0 saturated carbocycles. The van der Waals surface area contributed by atoms with E-state index in [0.29, 0.717) is 43.5 Å². The number of morpholine rings is 1. The number of fused-ring (bicyclic) bond motifs is 3. The lowest BCUT2D eigenvalue weighted by molar-refractivity contribution is 0.0540. The van der Waals surface area contributed by atoms with E-state index in [0.717, 1.165) is 12.8 Å². The van der Waals surface area contributed by atoms with E-state index in [1.807, 2.05) is 20.8 Å². The Kier molecular flexibility index (Phi) is 6.94. The largest absolute Gasteiger partial charge is 0.469 e. The van der Waals surface area contributed by atoms with Gasteiger partial charge in [-0.15, -0.1) is 0 Å². The highest BCUT2D eigenvalue weighted by molar-refractivity contribution is 6.03. The number of rotatable bonds is 5. The average molecular weight is 562 g/mol. The monoisotopic (exact) mass is 561 g/mol. The maximum absolute atomic E-state index is 15.5. The van der Waals surface area contributed by atoms with E-state index in [4.69, 9.17) is 19.4 Å². The molecule has 3 aliphatic rings. The fourth-order valence-electron chi connectivity index (χ4n) is 5.70. The molecule has 0 radical (unpaired) electrons. The summed E-state index contributed by atoms with van der Waals surface area (Å²) in [6.45, 7) is 7.68. The van der Waals surface area contributed by atoms with Crippen molar-refractivity contribution in [1.29, 1.82) is 0 Å². The van der Waals surface area contributed by atoms with Crippen LogP contribution in [0.15, 0.2) is 42.7 Å². The van der Waals surface area contributed by atoms with Crippen LogP contribution in [0.3, 0.4) is 0 Å². The van der Waals surface area contributed by atoms with Crippen LogP contribution in [0.1, 0.15) is 44.0 Å². The van der Waals surface area contributed by atoms with Crippen LogP contribution in [0.2, 0.25) is 0 Å². The SMILES string of the molecule is CCN1CC(C)(C)Oc2nc(N3[C@@H]4CC[C@H]3COC4)nc(-c3ccc(NC(=O)Nc4ccncc4)c(F)c3)c2C1=O. The van der Waals surface area contributed by atoms with Crippen molar-refractivity contribution in [3.05, 3.63) is 54.1 Å². The number of hydrogen-bond donors (Lipinski definition) is 2. The van der Waals surface area contributed by atoms with Crippen molar-refractivity contribution in [2.24, 2.45) is 0 Å². The van der Waals surface area contributed by atoms with Gasteiger partial charge in [-0.05, 0) is 57.9 Å². The van der Waals surface area contributed by atoms with E-state index in [9.17, 15) is 9.59 Å². The summed E-state index contributed by atoms with van der Waals surface area (Å²) in [6.07, 6.45) is 4.98. The van der Waals surface area contributed by atoms with E-state index in [1.54, 1.807) is 23.1 Å². The quantitative estimate of drug-likeness (QED) is 0.472. The number of urea groups is 1. The molecule has 41 heavy (non-hydrogen) atoms. The summed E-state index contributed by atoms with van der Waals surface area (Å²) in [7, 11) is 0. The van der Waals surface area contributed by atoms with E-state index >= 15 is 4.39 Å². The summed E-state index contributed by atoms with van der Waals surface area (Å²) in [5.74, 6) is -0.343. The molecule has 2 aromatic heterocycles. The molecule has 3 amide bonds. The third kappa shape index (κ3) is 5.26. The third-order valence-electron chi connectivity index (χ3n) is 7.59. The number of nitrogens with zero attached hydrogens (tertiary/aromatic N) is 5. The molecule has 5 heterocycles. The Labute approximate surface area is 237 Å². The highest BCUT2D eigenvalue weighted by atomic mass is 19.1. The topological polar surface area (TPSA) is 122 Å². The molecule has 11 nitrogen and oxygen atoms in total. The summed E-state index contributed by atoms with van der Waals surface area (Å²) in [5, 5.41) is 5.16. The van der Waals surface area contributed by atoms with Crippen LogP contribution in [-0.4, -0.2) is 75.8 Å². The number of hydrogen-bond acceptors (Lipinski definition) is 8. The lowest BCUT2D eigenvalue weighted by Gasteiger charge is -2.35. The molecule has 0 unspecified atom stereocenters. The maximum Gasteiger partial charge on any atom is 0.323 e. The lowest BCUT2D eigenvalue weighted by Crippen LogP contribution is -2.47. The zero-order valence-corrected chi connectivity index (χ0v) is 23.2. The van der Waals surface area contributed by atoms with Gasteiger partial charge in [0.25, 0.3) is 5.91 Å². The average Bonchev–Trinajstić information content (AvgIpc) is 3.13. The van der Waals surface area contributed by atoms with Gasteiger partial charge in [-0.3, -0.25) is 9.78 Å². The number of pyridine rings is 1. The molecule has 0 spiro atoms. The first-order valence-corrected chi connectivity index (χ1v) is 13.8. The molecule has 3 aliphatic heterocycles. The normalized spacial score (nSPS) is 21.1. The van der Waals surface area contributed by atoms with Crippen molar-refractivity contribution in [1.82, 2.24) is 19.9 Å². The molecular weight excluding hydrogens is 529 g/mol. The number of likely N-dealkylation sites (N-methyl/N-ethyl adjacent to an activating group) is 1. The summed E-state index contributed by atoms with van der Waals surface area (Å²) in [5.41, 5.74) is 0.637. The molecule has 2 bridgehead atoms. The molecule has 6 rings (SSSR count). The summed E-state index contributed by atoms with van der Waals surface area (Å²) in [6, 6.07) is 7.22. The number of anilines is 3. The van der Waals surface area contributed by atoms with E-state index in [2.05, 4.69) is 20.5 Å². The fraction of sp³-hybridized carbons (Fsp3) is 0.414. The van der Waals surface area contributed by atoms with Gasteiger partial charge in [-0.1, -0.05) is 6.07 Å². The molecular formula is C29H32FN7O4. The molecule has 2 saturated heterocycles. The van der Waals surface area contributed by atoms with Gasteiger partial charge in [0, 0.05) is 30.2 Å². The minimum absolute atomic E-state index is 0.0224. The molecule has 12 heteroatoms. The van der Waals surface area contributed by atoms with E-state index in [-0.39, 0.29) is 40.8 Å². The summed E-state index contributed by atoms with van der Waals surface area (Å²) in [4.78, 5) is 43.7. The van der Waals surface area contributed by atoms with Gasteiger partial charge in [-0.25, -0.2) is 14.2 Å².